The van der Waals surface area contributed by atoms with E-state index >= 15 is 0 Å². The Balaban J connectivity index is 2.73. The maximum Gasteiger partial charge on any atom is 0.251 e. The number of amides is 1. The van der Waals surface area contributed by atoms with E-state index in [0.29, 0.717) is 18.5 Å². The van der Waals surface area contributed by atoms with Gasteiger partial charge in [0.15, 0.2) is 0 Å². The van der Waals surface area contributed by atoms with Gasteiger partial charge in [-0.25, -0.2) is 0 Å². The van der Waals surface area contributed by atoms with Crippen molar-refractivity contribution in [2.24, 2.45) is 5.73 Å². The predicted octanol–water partition coefficient (Wildman–Crippen LogP) is 0.746. The molecule has 0 atom stereocenters. The lowest BCUT2D eigenvalue weighted by molar-refractivity contribution is 0.0963. The SMILES string of the molecule is CNC(=O)c1ccc(C#CCCN)cc1. The monoisotopic (exact) mass is 202 g/mol. The molecule has 1 aromatic rings. The number of hydrogen-bond donors (Lipinski definition) is 2. The largest absolute Gasteiger partial charge is 0.355 e. The van der Waals surface area contributed by atoms with E-state index in [2.05, 4.69) is 17.2 Å². The Labute approximate surface area is 89.7 Å². The van der Waals surface area contributed by atoms with Crippen LogP contribution in [0.5, 0.6) is 0 Å². The highest BCUT2D eigenvalue weighted by Gasteiger charge is 2.00. The van der Waals surface area contributed by atoms with Gasteiger partial charge in [-0.15, -0.1) is 0 Å². The summed E-state index contributed by atoms with van der Waals surface area (Å²) < 4.78 is 0. The summed E-state index contributed by atoms with van der Waals surface area (Å²) in [6, 6.07) is 7.17. The van der Waals surface area contributed by atoms with Crippen LogP contribution in [0.3, 0.4) is 0 Å². The van der Waals surface area contributed by atoms with Gasteiger partial charge in [-0.2, -0.15) is 0 Å². The molecule has 0 aromatic heterocycles. The van der Waals surface area contributed by atoms with Crippen molar-refractivity contribution < 1.29 is 4.79 Å². The van der Waals surface area contributed by atoms with Crippen molar-refractivity contribution in [1.29, 1.82) is 0 Å². The van der Waals surface area contributed by atoms with Crippen LogP contribution in [0.2, 0.25) is 0 Å². The zero-order valence-electron chi connectivity index (χ0n) is 8.71. The number of carbonyl (C=O) groups is 1. The smallest absolute Gasteiger partial charge is 0.251 e. The summed E-state index contributed by atoms with van der Waals surface area (Å²) in [5.41, 5.74) is 6.86. The molecule has 0 fully saturated rings. The summed E-state index contributed by atoms with van der Waals surface area (Å²) in [6.45, 7) is 0.573. The molecule has 0 unspecified atom stereocenters. The highest BCUT2D eigenvalue weighted by atomic mass is 16.1. The first-order chi connectivity index (χ1) is 7.27. The van der Waals surface area contributed by atoms with E-state index in [9.17, 15) is 4.79 Å². The lowest BCUT2D eigenvalue weighted by Gasteiger charge is -1.98. The van der Waals surface area contributed by atoms with Gasteiger partial charge in [0.25, 0.3) is 5.91 Å². The minimum absolute atomic E-state index is 0.0866. The summed E-state index contributed by atoms with van der Waals surface area (Å²) in [7, 11) is 1.61. The van der Waals surface area contributed by atoms with Crippen LogP contribution in [0, 0.1) is 11.8 Å². The van der Waals surface area contributed by atoms with Crippen LogP contribution in [0.4, 0.5) is 0 Å². The van der Waals surface area contributed by atoms with Crippen LogP contribution in [0.15, 0.2) is 24.3 Å². The first-order valence-electron chi connectivity index (χ1n) is 4.79. The van der Waals surface area contributed by atoms with E-state index in [4.69, 9.17) is 5.73 Å². The highest BCUT2D eigenvalue weighted by molar-refractivity contribution is 5.94. The Hall–Kier alpha value is -1.79. The molecule has 1 rings (SSSR count). The van der Waals surface area contributed by atoms with Gasteiger partial charge in [0.2, 0.25) is 0 Å². The van der Waals surface area contributed by atoms with Crippen molar-refractivity contribution in [3.63, 3.8) is 0 Å². The van der Waals surface area contributed by atoms with E-state index in [-0.39, 0.29) is 5.91 Å². The van der Waals surface area contributed by atoms with Crippen molar-refractivity contribution in [3.8, 4) is 11.8 Å². The van der Waals surface area contributed by atoms with Crippen molar-refractivity contribution in [1.82, 2.24) is 5.32 Å². The molecule has 3 N–H and O–H groups in total. The first kappa shape index (κ1) is 11.3. The average Bonchev–Trinajstić information content (AvgIpc) is 2.29. The molecule has 3 nitrogen and oxygen atoms in total. The third-order valence-electron chi connectivity index (χ3n) is 1.88. The second-order valence-electron chi connectivity index (χ2n) is 3.00. The molecule has 0 bridgehead atoms. The Morgan fingerprint density at radius 1 is 1.40 bits per heavy atom. The van der Waals surface area contributed by atoms with Crippen LogP contribution in [0.1, 0.15) is 22.3 Å². The number of nitrogens with two attached hydrogens (primary N) is 1. The van der Waals surface area contributed by atoms with Crippen molar-refractivity contribution >= 4 is 5.91 Å². The summed E-state index contributed by atoms with van der Waals surface area (Å²) in [4.78, 5) is 11.2. The van der Waals surface area contributed by atoms with Crippen LogP contribution < -0.4 is 11.1 Å². The second-order valence-corrected chi connectivity index (χ2v) is 3.00. The molecule has 0 spiro atoms. The molecule has 0 radical (unpaired) electrons. The molecule has 0 saturated carbocycles. The van der Waals surface area contributed by atoms with Gasteiger partial charge in [0.1, 0.15) is 0 Å². The fraction of sp³-hybridized carbons (Fsp3) is 0.250. The van der Waals surface area contributed by atoms with Gasteiger partial charge < -0.3 is 11.1 Å². The normalized spacial score (nSPS) is 8.93. The third kappa shape index (κ3) is 3.45. The zero-order valence-corrected chi connectivity index (χ0v) is 8.71. The lowest BCUT2D eigenvalue weighted by atomic mass is 10.1. The van der Waals surface area contributed by atoms with E-state index in [1.165, 1.54) is 0 Å². The van der Waals surface area contributed by atoms with Crippen molar-refractivity contribution in [3.05, 3.63) is 35.4 Å². The lowest BCUT2D eigenvalue weighted by Crippen LogP contribution is -2.17. The molecule has 1 amide bonds. The summed E-state index contributed by atoms with van der Waals surface area (Å²) in [6.07, 6.45) is 0.692. The molecule has 3 heteroatoms. The van der Waals surface area contributed by atoms with Crippen LogP contribution in [-0.2, 0) is 0 Å². The number of carbonyl (C=O) groups excluding carboxylic acids is 1. The Morgan fingerprint density at radius 3 is 2.60 bits per heavy atom. The summed E-state index contributed by atoms with van der Waals surface area (Å²) in [5, 5.41) is 2.56. The van der Waals surface area contributed by atoms with Crippen LogP contribution in [0.25, 0.3) is 0 Å². The molecule has 0 saturated heterocycles. The molecule has 1 aromatic carbocycles. The predicted molar refractivity (Wildman–Crippen MR) is 60.4 cm³/mol. The molecular formula is C12H14N2O. The maximum absolute atomic E-state index is 11.2. The van der Waals surface area contributed by atoms with E-state index in [1.54, 1.807) is 19.2 Å². The zero-order chi connectivity index (χ0) is 11.1. The fourth-order valence-electron chi connectivity index (χ4n) is 1.09. The molecule has 0 heterocycles. The quantitative estimate of drug-likeness (QED) is 0.695. The first-order valence-corrected chi connectivity index (χ1v) is 4.79. The Kier molecular flexibility index (Phi) is 4.39. The Bertz CT molecular complexity index is 384. The molecule has 78 valence electrons. The number of benzene rings is 1. The number of nitrogens with one attached hydrogen (secondary N) is 1. The topological polar surface area (TPSA) is 55.1 Å². The fourth-order valence-corrected chi connectivity index (χ4v) is 1.09. The van der Waals surface area contributed by atoms with Crippen LogP contribution in [-0.4, -0.2) is 19.5 Å². The molecule has 15 heavy (non-hydrogen) atoms. The average molecular weight is 202 g/mol. The van der Waals surface area contributed by atoms with Crippen molar-refractivity contribution in [2.75, 3.05) is 13.6 Å². The minimum atomic E-state index is -0.0866. The maximum atomic E-state index is 11.2. The Morgan fingerprint density at radius 2 is 2.07 bits per heavy atom. The standard InChI is InChI=1S/C12H14N2O/c1-14-12(15)11-7-5-10(6-8-11)4-2-3-9-13/h5-8H,3,9,13H2,1H3,(H,14,15). The molecule has 0 aliphatic carbocycles. The van der Waals surface area contributed by atoms with E-state index in [1.807, 2.05) is 12.1 Å². The number of rotatable bonds is 2. The second kappa shape index (κ2) is 5.84. The molecular weight excluding hydrogens is 188 g/mol. The highest BCUT2D eigenvalue weighted by Crippen LogP contribution is 2.02. The van der Waals surface area contributed by atoms with Gasteiger partial charge in [-0.3, -0.25) is 4.79 Å². The van der Waals surface area contributed by atoms with E-state index in [0.717, 1.165) is 5.56 Å². The summed E-state index contributed by atoms with van der Waals surface area (Å²) in [5.74, 6) is 5.82. The van der Waals surface area contributed by atoms with Gasteiger partial charge >= 0.3 is 0 Å². The van der Waals surface area contributed by atoms with E-state index < -0.39 is 0 Å². The van der Waals surface area contributed by atoms with Gasteiger partial charge in [0.05, 0.1) is 0 Å². The number of hydrogen-bond acceptors (Lipinski definition) is 2. The van der Waals surface area contributed by atoms with Gasteiger partial charge in [-0.05, 0) is 24.3 Å². The van der Waals surface area contributed by atoms with Gasteiger partial charge in [0, 0.05) is 31.1 Å². The summed E-state index contributed by atoms with van der Waals surface area (Å²) >= 11 is 0. The van der Waals surface area contributed by atoms with Crippen LogP contribution >= 0.6 is 0 Å². The third-order valence-corrected chi connectivity index (χ3v) is 1.88. The van der Waals surface area contributed by atoms with Gasteiger partial charge in [-0.1, -0.05) is 11.8 Å². The molecule has 0 aliphatic rings. The minimum Gasteiger partial charge on any atom is -0.355 e. The molecule has 0 aliphatic heterocycles. The van der Waals surface area contributed by atoms with Crippen molar-refractivity contribution in [2.45, 2.75) is 6.42 Å².